The van der Waals surface area contributed by atoms with Crippen LogP contribution < -0.4 is 9.47 Å². The molecule has 168 valence electrons. The Bertz CT molecular complexity index is 1020. The van der Waals surface area contributed by atoms with Crippen molar-refractivity contribution in [2.24, 2.45) is 0 Å². The van der Waals surface area contributed by atoms with E-state index < -0.39 is 20.9 Å². The number of nitro benzene ring substituents is 1. The number of nitrogens with zero attached hydrogens (tertiary/aromatic N) is 2. The van der Waals surface area contributed by atoms with Crippen molar-refractivity contribution in [3.63, 3.8) is 0 Å². The van der Waals surface area contributed by atoms with Crippen LogP contribution in [-0.4, -0.2) is 51.0 Å². The van der Waals surface area contributed by atoms with Crippen molar-refractivity contribution in [1.29, 1.82) is 0 Å². The third-order valence-corrected chi connectivity index (χ3v) is 6.25. The first kappa shape index (κ1) is 24.1. The van der Waals surface area contributed by atoms with E-state index in [-0.39, 0.29) is 36.7 Å². The summed E-state index contributed by atoms with van der Waals surface area (Å²) in [4.78, 5) is 22.0. The van der Waals surface area contributed by atoms with Gasteiger partial charge in [-0.3, -0.25) is 14.9 Å². The molecule has 0 atom stereocenters. The molecule has 0 amide bonds. The predicted octanol–water partition coefficient (Wildman–Crippen LogP) is 2.76. The highest BCUT2D eigenvalue weighted by Crippen LogP contribution is 2.28. The Kier molecular flexibility index (Phi) is 8.34. The molecule has 0 saturated carbocycles. The van der Waals surface area contributed by atoms with E-state index in [0.29, 0.717) is 17.1 Å². The maximum atomic E-state index is 13.3. The molecule has 0 aromatic heterocycles. The maximum Gasteiger partial charge on any atom is 0.307 e. The summed E-state index contributed by atoms with van der Waals surface area (Å²) < 4.78 is 43.1. The third-order valence-electron chi connectivity index (χ3n) is 4.39. The largest absolute Gasteiger partial charge is 0.497 e. The number of ether oxygens (including phenoxy) is 3. The van der Waals surface area contributed by atoms with Crippen molar-refractivity contribution < 1.29 is 32.3 Å². The second-order valence-electron chi connectivity index (χ2n) is 6.32. The van der Waals surface area contributed by atoms with Crippen molar-refractivity contribution >= 4 is 21.7 Å². The van der Waals surface area contributed by atoms with E-state index in [9.17, 15) is 23.3 Å². The van der Waals surface area contributed by atoms with E-state index in [0.717, 1.165) is 28.6 Å². The van der Waals surface area contributed by atoms with Gasteiger partial charge in [0.1, 0.15) is 11.5 Å². The molecule has 0 N–H and O–H groups in total. The summed E-state index contributed by atoms with van der Waals surface area (Å²) in [5, 5.41) is 10.9. The van der Waals surface area contributed by atoms with E-state index in [1.54, 1.807) is 25.1 Å². The van der Waals surface area contributed by atoms with E-state index in [1.807, 2.05) is 0 Å². The average Bonchev–Trinajstić information content (AvgIpc) is 2.76. The maximum absolute atomic E-state index is 13.3. The van der Waals surface area contributed by atoms with E-state index in [1.165, 1.54) is 14.2 Å². The second-order valence-corrected chi connectivity index (χ2v) is 8.26. The third kappa shape index (κ3) is 6.15. The molecule has 31 heavy (non-hydrogen) atoms. The number of sulfonamides is 1. The van der Waals surface area contributed by atoms with Crippen molar-refractivity contribution in [3.05, 3.63) is 58.1 Å². The second kappa shape index (κ2) is 10.7. The molecule has 0 radical (unpaired) electrons. The molecule has 2 rings (SSSR count). The average molecular weight is 452 g/mol. The summed E-state index contributed by atoms with van der Waals surface area (Å²) in [6.07, 6.45) is -0.160. The molecule has 0 spiro atoms. The number of carbonyl (C=O) groups excluding carboxylic acids is 1. The van der Waals surface area contributed by atoms with Gasteiger partial charge in [-0.2, -0.15) is 4.31 Å². The number of nitro groups is 1. The van der Waals surface area contributed by atoms with Crippen LogP contribution in [0.4, 0.5) is 5.69 Å². The summed E-state index contributed by atoms with van der Waals surface area (Å²) in [5.41, 5.74) is 0.294. The van der Waals surface area contributed by atoms with Crippen molar-refractivity contribution in [1.82, 2.24) is 4.31 Å². The van der Waals surface area contributed by atoms with Crippen LogP contribution in [0.5, 0.6) is 11.5 Å². The molecule has 10 nitrogen and oxygen atoms in total. The smallest absolute Gasteiger partial charge is 0.307 e. The topological polar surface area (TPSA) is 125 Å². The number of hydrogen-bond acceptors (Lipinski definition) is 8. The number of hydrogen-bond donors (Lipinski definition) is 0. The first-order valence-electron chi connectivity index (χ1n) is 9.34. The molecular weight excluding hydrogens is 428 g/mol. The van der Waals surface area contributed by atoms with E-state index >= 15 is 0 Å². The molecule has 2 aromatic rings. The van der Waals surface area contributed by atoms with Gasteiger partial charge in [0.15, 0.2) is 0 Å². The Hall–Kier alpha value is -3.18. The van der Waals surface area contributed by atoms with E-state index in [4.69, 9.17) is 14.2 Å². The van der Waals surface area contributed by atoms with Gasteiger partial charge in [0, 0.05) is 30.8 Å². The first-order chi connectivity index (χ1) is 14.7. The van der Waals surface area contributed by atoms with Crippen LogP contribution in [0.2, 0.25) is 0 Å². The lowest BCUT2D eigenvalue weighted by molar-refractivity contribution is -0.384. The van der Waals surface area contributed by atoms with Gasteiger partial charge in [-0.15, -0.1) is 0 Å². The Morgan fingerprint density at radius 2 is 1.77 bits per heavy atom. The quantitative estimate of drug-likeness (QED) is 0.289. The number of methoxy groups -OCH3 is 2. The van der Waals surface area contributed by atoms with Gasteiger partial charge < -0.3 is 14.2 Å². The highest BCUT2D eigenvalue weighted by molar-refractivity contribution is 7.89. The summed E-state index contributed by atoms with van der Waals surface area (Å²) in [5.74, 6) is 0.415. The fraction of sp³-hybridized carbons (Fsp3) is 0.350. The summed E-state index contributed by atoms with van der Waals surface area (Å²) >= 11 is 0. The van der Waals surface area contributed by atoms with Crippen molar-refractivity contribution in [2.75, 3.05) is 27.4 Å². The zero-order chi connectivity index (χ0) is 23.0. The lowest BCUT2D eigenvalue weighted by atomic mass is 10.2. The molecule has 11 heteroatoms. The van der Waals surface area contributed by atoms with Crippen LogP contribution in [0.1, 0.15) is 18.9 Å². The molecule has 0 fully saturated rings. The predicted molar refractivity (Wildman–Crippen MR) is 111 cm³/mol. The van der Waals surface area contributed by atoms with Crippen LogP contribution in [0.15, 0.2) is 47.4 Å². The fourth-order valence-corrected chi connectivity index (χ4v) is 4.24. The number of esters is 1. The van der Waals surface area contributed by atoms with Crippen LogP contribution in [0, 0.1) is 10.1 Å². The minimum absolute atomic E-state index is 0.112. The van der Waals surface area contributed by atoms with Crippen molar-refractivity contribution in [3.8, 4) is 11.5 Å². The van der Waals surface area contributed by atoms with Crippen LogP contribution in [0.3, 0.4) is 0 Å². The zero-order valence-electron chi connectivity index (χ0n) is 17.4. The first-order valence-corrected chi connectivity index (χ1v) is 10.8. The Morgan fingerprint density at radius 1 is 1.10 bits per heavy atom. The number of non-ortho nitro benzene ring substituents is 1. The zero-order valence-corrected chi connectivity index (χ0v) is 18.3. The number of carbonyl (C=O) groups is 1. The van der Waals surface area contributed by atoms with Crippen LogP contribution >= 0.6 is 0 Å². The summed E-state index contributed by atoms with van der Waals surface area (Å²) in [6.45, 7) is 1.57. The molecule has 2 aromatic carbocycles. The molecule has 0 unspecified atom stereocenters. The van der Waals surface area contributed by atoms with Crippen molar-refractivity contribution in [2.45, 2.75) is 24.8 Å². The lowest BCUT2D eigenvalue weighted by Gasteiger charge is -2.23. The van der Waals surface area contributed by atoms with Gasteiger partial charge in [0.05, 0.1) is 37.1 Å². The molecule has 0 saturated heterocycles. The summed E-state index contributed by atoms with van der Waals surface area (Å²) in [7, 11) is -1.15. The minimum atomic E-state index is -4.09. The summed E-state index contributed by atoms with van der Waals surface area (Å²) in [6, 6.07) is 9.51. The number of rotatable bonds is 11. The van der Waals surface area contributed by atoms with Gasteiger partial charge in [0.2, 0.25) is 10.0 Å². The van der Waals surface area contributed by atoms with Gasteiger partial charge >= 0.3 is 5.97 Å². The molecule has 0 aliphatic heterocycles. The SMILES string of the molecule is CCOC(=O)CCN(Cc1cc(OC)ccc1OC)S(=O)(=O)c1ccc([N+](=O)[O-])cc1. The van der Waals surface area contributed by atoms with Gasteiger partial charge in [-0.25, -0.2) is 8.42 Å². The molecule has 0 heterocycles. The van der Waals surface area contributed by atoms with Gasteiger partial charge in [-0.05, 0) is 37.3 Å². The van der Waals surface area contributed by atoms with Gasteiger partial charge in [-0.1, -0.05) is 0 Å². The lowest BCUT2D eigenvalue weighted by Crippen LogP contribution is -2.33. The minimum Gasteiger partial charge on any atom is -0.497 e. The fourth-order valence-electron chi connectivity index (χ4n) is 2.82. The van der Waals surface area contributed by atoms with Gasteiger partial charge in [0.25, 0.3) is 5.69 Å². The monoisotopic (exact) mass is 452 g/mol. The van der Waals surface area contributed by atoms with E-state index in [2.05, 4.69) is 0 Å². The number of benzene rings is 2. The van der Waals surface area contributed by atoms with Crippen LogP contribution in [0.25, 0.3) is 0 Å². The highest BCUT2D eigenvalue weighted by atomic mass is 32.2. The molecule has 0 aliphatic rings. The van der Waals surface area contributed by atoms with Crippen LogP contribution in [-0.2, 0) is 26.1 Å². The highest BCUT2D eigenvalue weighted by Gasteiger charge is 2.27. The Morgan fingerprint density at radius 3 is 2.32 bits per heavy atom. The molecule has 0 aliphatic carbocycles. The normalized spacial score (nSPS) is 11.2. The molecular formula is C20H24N2O8S. The Balaban J connectivity index is 2.42. The standard InChI is InChI=1S/C20H24N2O8S/c1-4-30-20(23)11-12-21(14-15-13-17(28-2)7-10-19(15)29-3)31(26,27)18-8-5-16(6-9-18)22(24)25/h5-10,13H,4,11-12,14H2,1-3H3. The molecule has 0 bridgehead atoms. The Labute approximate surface area is 180 Å².